The van der Waals surface area contributed by atoms with Crippen molar-refractivity contribution in [2.45, 2.75) is 20.0 Å². The fraction of sp³-hybridized carbons (Fsp3) is 0.300. The molecule has 9 heteroatoms. The number of anilines is 1. The maximum atomic E-state index is 11.6. The predicted molar refractivity (Wildman–Crippen MR) is 76.4 cm³/mol. The van der Waals surface area contributed by atoms with Crippen molar-refractivity contribution in [3.05, 3.63) is 27.7 Å². The highest BCUT2D eigenvalue weighted by molar-refractivity contribution is 9.10. The van der Waals surface area contributed by atoms with Gasteiger partial charge in [-0.15, -0.1) is 0 Å². The summed E-state index contributed by atoms with van der Waals surface area (Å²) in [5.74, 6) is 0. The summed E-state index contributed by atoms with van der Waals surface area (Å²) < 4.78 is 32.3. The lowest BCUT2D eigenvalue weighted by Gasteiger charge is -2.11. The van der Waals surface area contributed by atoms with Crippen LogP contribution in [0.1, 0.15) is 13.8 Å². The van der Waals surface area contributed by atoms with Crippen LogP contribution in [0.4, 0.5) is 10.5 Å². The molecule has 1 amide bonds. The van der Waals surface area contributed by atoms with E-state index in [0.29, 0.717) is 9.50 Å². The first-order valence-electron chi connectivity index (χ1n) is 5.16. The number of nitrogens with one attached hydrogen (secondary N) is 2. The lowest BCUT2D eigenvalue weighted by molar-refractivity contribution is 0.121. The van der Waals surface area contributed by atoms with Gasteiger partial charge >= 0.3 is 16.3 Å². The fourth-order valence-corrected chi connectivity index (χ4v) is 2.34. The molecular formula is C10H12BrClN2O4S. The molecule has 0 atom stereocenters. The Morgan fingerprint density at radius 1 is 1.42 bits per heavy atom. The van der Waals surface area contributed by atoms with Gasteiger partial charge in [0.2, 0.25) is 0 Å². The monoisotopic (exact) mass is 370 g/mol. The van der Waals surface area contributed by atoms with Crippen LogP contribution in [-0.4, -0.2) is 20.6 Å². The van der Waals surface area contributed by atoms with Gasteiger partial charge in [-0.1, -0.05) is 11.6 Å². The minimum Gasteiger partial charge on any atom is -0.446 e. The van der Waals surface area contributed by atoms with Crippen LogP contribution in [0, 0.1) is 0 Å². The lowest BCUT2D eigenvalue weighted by atomic mass is 10.3. The highest BCUT2D eigenvalue weighted by Gasteiger charge is 2.16. The van der Waals surface area contributed by atoms with Crippen molar-refractivity contribution in [2.24, 2.45) is 0 Å². The number of hydrogen-bond acceptors (Lipinski definition) is 4. The van der Waals surface area contributed by atoms with E-state index in [2.05, 4.69) is 25.4 Å². The molecule has 0 radical (unpaired) electrons. The summed E-state index contributed by atoms with van der Waals surface area (Å²) in [5.41, 5.74) is 0.251. The summed E-state index contributed by atoms with van der Waals surface area (Å²) in [6, 6.07) is 4.44. The van der Waals surface area contributed by atoms with E-state index in [1.807, 2.05) is 0 Å². The van der Waals surface area contributed by atoms with Gasteiger partial charge in [0.15, 0.2) is 0 Å². The van der Waals surface area contributed by atoms with Gasteiger partial charge < -0.3 is 4.74 Å². The topological polar surface area (TPSA) is 84.5 Å². The minimum absolute atomic E-state index is 0.251. The molecule has 0 unspecified atom stereocenters. The highest BCUT2D eigenvalue weighted by atomic mass is 79.9. The van der Waals surface area contributed by atoms with Crippen LogP contribution in [0.3, 0.4) is 0 Å². The van der Waals surface area contributed by atoms with Gasteiger partial charge in [0.1, 0.15) is 0 Å². The van der Waals surface area contributed by atoms with Crippen molar-refractivity contribution in [2.75, 3.05) is 4.72 Å². The summed E-state index contributed by atoms with van der Waals surface area (Å²) >= 11 is 8.94. The molecule has 6 nitrogen and oxygen atoms in total. The number of carbonyl (C=O) groups excluding carboxylic acids is 1. The average Bonchev–Trinajstić information content (AvgIpc) is 2.20. The van der Waals surface area contributed by atoms with Crippen molar-refractivity contribution in [1.29, 1.82) is 0 Å². The molecule has 0 aliphatic carbocycles. The maximum absolute atomic E-state index is 11.6. The number of amides is 1. The van der Waals surface area contributed by atoms with Crippen LogP contribution in [0.25, 0.3) is 0 Å². The van der Waals surface area contributed by atoms with Gasteiger partial charge in [-0.3, -0.25) is 4.72 Å². The summed E-state index contributed by atoms with van der Waals surface area (Å²) in [6.07, 6.45) is -1.46. The quantitative estimate of drug-likeness (QED) is 0.852. The number of benzene rings is 1. The number of hydrogen-bond donors (Lipinski definition) is 2. The van der Waals surface area contributed by atoms with Crippen LogP contribution in [-0.2, 0) is 14.9 Å². The van der Waals surface area contributed by atoms with E-state index in [1.54, 1.807) is 18.6 Å². The van der Waals surface area contributed by atoms with E-state index in [4.69, 9.17) is 11.6 Å². The zero-order chi connectivity index (χ0) is 14.6. The SMILES string of the molecule is CC(C)OC(=O)NS(=O)(=O)Nc1ccc(Cl)c(Br)c1. The first-order chi connectivity index (χ1) is 8.69. The summed E-state index contributed by atoms with van der Waals surface area (Å²) in [4.78, 5) is 11.2. The van der Waals surface area contributed by atoms with Crippen molar-refractivity contribution >= 4 is 49.5 Å². The van der Waals surface area contributed by atoms with Crippen LogP contribution in [0.15, 0.2) is 22.7 Å². The molecule has 0 aliphatic rings. The van der Waals surface area contributed by atoms with Crippen molar-refractivity contribution < 1.29 is 17.9 Å². The number of rotatable bonds is 4. The number of halogens is 2. The zero-order valence-electron chi connectivity index (χ0n) is 10.1. The van der Waals surface area contributed by atoms with E-state index < -0.39 is 22.4 Å². The molecule has 0 spiro atoms. The van der Waals surface area contributed by atoms with Crippen molar-refractivity contribution in [3.63, 3.8) is 0 Å². The Hall–Kier alpha value is -0.990. The molecule has 19 heavy (non-hydrogen) atoms. The molecule has 1 aromatic rings. The lowest BCUT2D eigenvalue weighted by Crippen LogP contribution is -2.36. The first kappa shape index (κ1) is 16.1. The highest BCUT2D eigenvalue weighted by Crippen LogP contribution is 2.25. The summed E-state index contributed by atoms with van der Waals surface area (Å²) in [6.45, 7) is 3.21. The molecule has 0 bridgehead atoms. The Balaban J connectivity index is 2.74. The van der Waals surface area contributed by atoms with Gasteiger partial charge in [0.05, 0.1) is 16.8 Å². The Bertz CT molecular complexity index is 577. The number of carbonyl (C=O) groups is 1. The van der Waals surface area contributed by atoms with E-state index in [-0.39, 0.29) is 5.69 Å². The second-order valence-corrected chi connectivity index (χ2v) is 6.47. The molecule has 0 saturated heterocycles. The molecule has 2 N–H and O–H groups in total. The summed E-state index contributed by atoms with van der Waals surface area (Å²) in [5, 5.41) is 0.440. The third kappa shape index (κ3) is 5.66. The Morgan fingerprint density at radius 3 is 2.58 bits per heavy atom. The second kappa shape index (κ2) is 6.44. The molecule has 1 aromatic carbocycles. The minimum atomic E-state index is -4.05. The van der Waals surface area contributed by atoms with Crippen LogP contribution in [0.5, 0.6) is 0 Å². The Kier molecular flexibility index (Phi) is 5.45. The van der Waals surface area contributed by atoms with Crippen LogP contribution in [0.2, 0.25) is 5.02 Å². The first-order valence-corrected chi connectivity index (χ1v) is 7.81. The van der Waals surface area contributed by atoms with Crippen LogP contribution < -0.4 is 9.44 Å². The van der Waals surface area contributed by atoms with E-state index in [0.717, 1.165) is 0 Å². The number of ether oxygens (including phenoxy) is 1. The summed E-state index contributed by atoms with van der Waals surface area (Å²) in [7, 11) is -4.05. The normalized spacial score (nSPS) is 11.2. The molecule has 0 aliphatic heterocycles. The van der Waals surface area contributed by atoms with Crippen molar-refractivity contribution in [1.82, 2.24) is 4.72 Å². The second-order valence-electron chi connectivity index (χ2n) is 3.79. The van der Waals surface area contributed by atoms with Gasteiger partial charge in [0.25, 0.3) is 0 Å². The standard InChI is InChI=1S/C10H12BrClN2O4S/c1-6(2)18-10(15)14-19(16,17)13-7-3-4-9(12)8(11)5-7/h3-6,13H,1-2H3,(H,14,15). The zero-order valence-corrected chi connectivity index (χ0v) is 13.3. The molecule has 0 saturated carbocycles. The van der Waals surface area contributed by atoms with E-state index in [9.17, 15) is 13.2 Å². The molecule has 1 rings (SSSR count). The maximum Gasteiger partial charge on any atom is 0.422 e. The Labute approximate surface area is 124 Å². The van der Waals surface area contributed by atoms with E-state index in [1.165, 1.54) is 18.2 Å². The fourth-order valence-electron chi connectivity index (χ4n) is 1.09. The predicted octanol–water partition coefficient (Wildman–Crippen LogP) is 2.89. The largest absolute Gasteiger partial charge is 0.446 e. The third-order valence-corrected chi connectivity index (χ3v) is 3.89. The molecule has 0 aromatic heterocycles. The molecule has 0 fully saturated rings. The Morgan fingerprint density at radius 2 is 2.05 bits per heavy atom. The van der Waals surface area contributed by atoms with Gasteiger partial charge in [-0.2, -0.15) is 8.42 Å². The van der Waals surface area contributed by atoms with Crippen LogP contribution >= 0.6 is 27.5 Å². The van der Waals surface area contributed by atoms with Crippen molar-refractivity contribution in [3.8, 4) is 0 Å². The third-order valence-electron chi connectivity index (χ3n) is 1.73. The van der Waals surface area contributed by atoms with Gasteiger partial charge in [0, 0.05) is 4.47 Å². The molecule has 0 heterocycles. The average molecular weight is 372 g/mol. The van der Waals surface area contributed by atoms with E-state index >= 15 is 0 Å². The van der Waals surface area contributed by atoms with Gasteiger partial charge in [-0.25, -0.2) is 9.52 Å². The van der Waals surface area contributed by atoms with Gasteiger partial charge in [-0.05, 0) is 48.0 Å². The molecule has 106 valence electrons. The smallest absolute Gasteiger partial charge is 0.422 e. The molecular weight excluding hydrogens is 360 g/mol.